The van der Waals surface area contributed by atoms with Crippen LogP contribution in [0.25, 0.3) is 0 Å². The molecule has 2 heterocycles. The van der Waals surface area contributed by atoms with E-state index >= 15 is 0 Å². The first-order valence-electron chi connectivity index (χ1n) is 8.29. The Bertz CT molecular complexity index is 797. The van der Waals surface area contributed by atoms with Gasteiger partial charge >= 0.3 is 0 Å². The molecule has 2 aromatic rings. The Morgan fingerprint density at radius 2 is 2.08 bits per heavy atom. The van der Waals surface area contributed by atoms with Gasteiger partial charge in [0.25, 0.3) is 5.91 Å². The van der Waals surface area contributed by atoms with Gasteiger partial charge in [-0.15, -0.1) is 0 Å². The molecule has 1 unspecified atom stereocenters. The predicted molar refractivity (Wildman–Crippen MR) is 90.7 cm³/mol. The lowest BCUT2D eigenvalue weighted by molar-refractivity contribution is 0.0676. The number of aryl methyl sites for hydroxylation is 1. The van der Waals surface area contributed by atoms with Gasteiger partial charge < -0.3 is 10.2 Å². The van der Waals surface area contributed by atoms with Crippen LogP contribution in [0.3, 0.4) is 0 Å². The van der Waals surface area contributed by atoms with Crippen LogP contribution in [0, 0.1) is 24.5 Å². The molecule has 1 aliphatic rings. The minimum atomic E-state index is -0.728. The number of hydrogen-bond donors (Lipinski definition) is 1. The number of likely N-dealkylation sites (tertiary alicyclic amines) is 1. The summed E-state index contributed by atoms with van der Waals surface area (Å²) < 4.78 is 26.8. The zero-order valence-electron chi connectivity index (χ0n) is 14.2. The van der Waals surface area contributed by atoms with E-state index in [0.717, 1.165) is 25.0 Å². The maximum absolute atomic E-state index is 13.8. The van der Waals surface area contributed by atoms with E-state index in [1.807, 2.05) is 0 Å². The van der Waals surface area contributed by atoms with E-state index in [9.17, 15) is 13.6 Å². The first kappa shape index (κ1) is 17.3. The summed E-state index contributed by atoms with van der Waals surface area (Å²) in [6.07, 6.45) is 2.09. The molecule has 1 atom stereocenters. The molecule has 1 saturated heterocycles. The van der Waals surface area contributed by atoms with Gasteiger partial charge in [-0.3, -0.25) is 4.79 Å². The standard InChI is InChI=1S/C18H20F2N4O/c1-11-4-3-7-24(10-11)18(25)16-9-17(22-12(2)21-16)23-15-6-5-13(19)8-14(15)20/h5-6,8-9,11H,3-4,7,10H2,1-2H3,(H,21,22,23). The summed E-state index contributed by atoms with van der Waals surface area (Å²) in [5.41, 5.74) is 0.358. The number of carbonyl (C=O) groups is 1. The molecule has 0 bridgehead atoms. The number of rotatable bonds is 3. The minimum absolute atomic E-state index is 0.0875. The molecule has 132 valence electrons. The van der Waals surface area contributed by atoms with Crippen molar-refractivity contribution in [3.63, 3.8) is 0 Å². The van der Waals surface area contributed by atoms with Crippen molar-refractivity contribution in [1.29, 1.82) is 0 Å². The fourth-order valence-corrected chi connectivity index (χ4v) is 3.01. The largest absolute Gasteiger partial charge is 0.338 e. The summed E-state index contributed by atoms with van der Waals surface area (Å²) in [6.45, 7) is 5.20. The summed E-state index contributed by atoms with van der Waals surface area (Å²) in [6, 6.07) is 4.73. The first-order valence-corrected chi connectivity index (χ1v) is 8.29. The molecular formula is C18H20F2N4O. The number of anilines is 2. The Balaban J connectivity index is 1.83. The highest BCUT2D eigenvalue weighted by atomic mass is 19.1. The molecule has 25 heavy (non-hydrogen) atoms. The highest BCUT2D eigenvalue weighted by molar-refractivity contribution is 5.93. The van der Waals surface area contributed by atoms with Crippen molar-refractivity contribution in [2.75, 3.05) is 18.4 Å². The van der Waals surface area contributed by atoms with Gasteiger partial charge in [0.05, 0.1) is 5.69 Å². The number of nitrogens with zero attached hydrogens (tertiary/aromatic N) is 3. The smallest absolute Gasteiger partial charge is 0.272 e. The van der Waals surface area contributed by atoms with E-state index in [1.165, 1.54) is 12.1 Å². The van der Waals surface area contributed by atoms with Crippen molar-refractivity contribution >= 4 is 17.4 Å². The van der Waals surface area contributed by atoms with Crippen molar-refractivity contribution in [3.8, 4) is 0 Å². The Kier molecular flexibility index (Phi) is 4.92. The minimum Gasteiger partial charge on any atom is -0.338 e. The summed E-state index contributed by atoms with van der Waals surface area (Å²) in [5.74, 6) is -0.371. The third-order valence-electron chi connectivity index (χ3n) is 4.20. The lowest BCUT2D eigenvalue weighted by Crippen LogP contribution is -2.39. The Hall–Kier alpha value is -2.57. The molecule has 0 radical (unpaired) electrons. The molecule has 1 aromatic carbocycles. The molecular weight excluding hydrogens is 326 g/mol. The summed E-state index contributed by atoms with van der Waals surface area (Å²) in [5, 5.41) is 2.78. The SMILES string of the molecule is Cc1nc(Nc2ccc(F)cc2F)cc(C(=O)N2CCCC(C)C2)n1. The van der Waals surface area contributed by atoms with Gasteiger partial charge in [0.15, 0.2) is 0 Å². The zero-order chi connectivity index (χ0) is 18.0. The second-order valence-electron chi connectivity index (χ2n) is 6.43. The molecule has 0 saturated carbocycles. The predicted octanol–water partition coefficient (Wildman–Crippen LogP) is 3.68. The molecule has 1 amide bonds. The van der Waals surface area contributed by atoms with Crippen LogP contribution in [-0.4, -0.2) is 33.9 Å². The van der Waals surface area contributed by atoms with E-state index in [4.69, 9.17) is 0 Å². The topological polar surface area (TPSA) is 58.1 Å². The van der Waals surface area contributed by atoms with Crippen LogP contribution in [0.2, 0.25) is 0 Å². The van der Waals surface area contributed by atoms with Crippen LogP contribution < -0.4 is 5.32 Å². The number of aromatic nitrogens is 2. The average molecular weight is 346 g/mol. The summed E-state index contributed by atoms with van der Waals surface area (Å²) in [7, 11) is 0. The molecule has 1 N–H and O–H groups in total. The van der Waals surface area contributed by atoms with E-state index in [-0.39, 0.29) is 17.3 Å². The fourth-order valence-electron chi connectivity index (χ4n) is 3.01. The fraction of sp³-hybridized carbons (Fsp3) is 0.389. The maximum atomic E-state index is 13.8. The van der Waals surface area contributed by atoms with Gasteiger partial charge in [-0.25, -0.2) is 18.7 Å². The molecule has 1 aliphatic heterocycles. The van der Waals surface area contributed by atoms with Gasteiger partial charge in [-0.05, 0) is 37.8 Å². The maximum Gasteiger partial charge on any atom is 0.272 e. The summed E-state index contributed by atoms with van der Waals surface area (Å²) in [4.78, 5) is 22.9. The van der Waals surface area contributed by atoms with Crippen LogP contribution in [0.5, 0.6) is 0 Å². The van der Waals surface area contributed by atoms with E-state index in [2.05, 4.69) is 22.2 Å². The molecule has 0 aliphatic carbocycles. The van der Waals surface area contributed by atoms with Gasteiger partial charge in [0, 0.05) is 25.2 Å². The van der Waals surface area contributed by atoms with Crippen LogP contribution in [0.1, 0.15) is 36.1 Å². The number of hydrogen-bond acceptors (Lipinski definition) is 4. The van der Waals surface area contributed by atoms with E-state index < -0.39 is 11.6 Å². The van der Waals surface area contributed by atoms with Crippen molar-refractivity contribution in [2.24, 2.45) is 5.92 Å². The first-order chi connectivity index (χ1) is 11.9. The van der Waals surface area contributed by atoms with Crippen LogP contribution in [0.15, 0.2) is 24.3 Å². The van der Waals surface area contributed by atoms with E-state index in [1.54, 1.807) is 11.8 Å². The van der Waals surface area contributed by atoms with Crippen molar-refractivity contribution < 1.29 is 13.6 Å². The normalized spacial score (nSPS) is 17.4. The second-order valence-corrected chi connectivity index (χ2v) is 6.43. The van der Waals surface area contributed by atoms with Crippen molar-refractivity contribution in [2.45, 2.75) is 26.7 Å². The molecule has 5 nitrogen and oxygen atoms in total. The number of benzene rings is 1. The summed E-state index contributed by atoms with van der Waals surface area (Å²) >= 11 is 0. The Morgan fingerprint density at radius 3 is 2.80 bits per heavy atom. The Labute approximate surface area is 145 Å². The van der Waals surface area contributed by atoms with Crippen LogP contribution >= 0.6 is 0 Å². The van der Waals surface area contributed by atoms with Crippen LogP contribution in [0.4, 0.5) is 20.3 Å². The number of nitrogens with one attached hydrogen (secondary N) is 1. The highest BCUT2D eigenvalue weighted by Gasteiger charge is 2.23. The van der Waals surface area contributed by atoms with Crippen molar-refractivity contribution in [1.82, 2.24) is 14.9 Å². The lowest BCUT2D eigenvalue weighted by atomic mass is 10.00. The third kappa shape index (κ3) is 4.10. The average Bonchev–Trinajstić information content (AvgIpc) is 2.56. The monoisotopic (exact) mass is 346 g/mol. The lowest BCUT2D eigenvalue weighted by Gasteiger charge is -2.30. The zero-order valence-corrected chi connectivity index (χ0v) is 14.2. The Morgan fingerprint density at radius 1 is 1.28 bits per heavy atom. The van der Waals surface area contributed by atoms with Crippen molar-refractivity contribution in [3.05, 3.63) is 47.4 Å². The number of carbonyl (C=O) groups excluding carboxylic acids is 1. The molecule has 7 heteroatoms. The molecule has 0 spiro atoms. The van der Waals surface area contributed by atoms with Gasteiger partial charge in [-0.2, -0.15) is 0 Å². The number of halogens is 2. The highest BCUT2D eigenvalue weighted by Crippen LogP contribution is 2.22. The van der Waals surface area contributed by atoms with E-state index in [0.29, 0.717) is 30.6 Å². The molecule has 1 fully saturated rings. The molecule has 3 rings (SSSR count). The quantitative estimate of drug-likeness (QED) is 0.921. The molecule has 1 aromatic heterocycles. The number of piperidine rings is 1. The third-order valence-corrected chi connectivity index (χ3v) is 4.20. The van der Waals surface area contributed by atoms with Gasteiger partial charge in [0.2, 0.25) is 0 Å². The van der Waals surface area contributed by atoms with Crippen LogP contribution in [-0.2, 0) is 0 Å². The second kappa shape index (κ2) is 7.13. The van der Waals surface area contributed by atoms with Gasteiger partial charge in [-0.1, -0.05) is 6.92 Å². The number of amides is 1. The van der Waals surface area contributed by atoms with Gasteiger partial charge in [0.1, 0.15) is 29.0 Å².